The van der Waals surface area contributed by atoms with E-state index in [1.54, 1.807) is 6.20 Å². The number of hydrogen-bond donors (Lipinski definition) is 1. The van der Waals surface area contributed by atoms with Crippen molar-refractivity contribution in [3.05, 3.63) is 29.6 Å². The lowest BCUT2D eigenvalue weighted by Gasteiger charge is -2.04. The van der Waals surface area contributed by atoms with Crippen molar-refractivity contribution < 1.29 is 5.11 Å². The Morgan fingerprint density at radius 2 is 2.23 bits per heavy atom. The highest BCUT2D eigenvalue weighted by Crippen LogP contribution is 2.10. The molecule has 0 aliphatic rings. The zero-order valence-electron chi connectivity index (χ0n) is 8.16. The quantitative estimate of drug-likeness (QED) is 0.703. The Hall–Kier alpha value is -0.890. The second-order valence-electron chi connectivity index (χ2n) is 3.22. The van der Waals surface area contributed by atoms with Crippen molar-refractivity contribution in [3.8, 4) is 0 Å². The molecule has 2 heteroatoms. The van der Waals surface area contributed by atoms with Gasteiger partial charge in [0.2, 0.25) is 0 Å². The summed E-state index contributed by atoms with van der Waals surface area (Å²) in [5, 5.41) is 9.01. The summed E-state index contributed by atoms with van der Waals surface area (Å²) in [5.74, 6) is 0. The van der Waals surface area contributed by atoms with E-state index in [-0.39, 0.29) is 6.61 Å². The monoisotopic (exact) mass is 179 g/mol. The standard InChI is InChI=1S/C11H17NO/c1-2-3-4-6-10-7-5-8-12-11(10)9-13/h5,7-8,13H,2-4,6,9H2,1H3. The Balaban J connectivity index is 2.54. The van der Waals surface area contributed by atoms with Crippen molar-refractivity contribution in [2.24, 2.45) is 0 Å². The average Bonchev–Trinajstić information content (AvgIpc) is 2.19. The van der Waals surface area contributed by atoms with E-state index < -0.39 is 0 Å². The normalized spacial score (nSPS) is 10.3. The van der Waals surface area contributed by atoms with Gasteiger partial charge in [-0.3, -0.25) is 4.98 Å². The van der Waals surface area contributed by atoms with E-state index in [0.29, 0.717) is 0 Å². The van der Waals surface area contributed by atoms with Gasteiger partial charge in [0.05, 0.1) is 12.3 Å². The van der Waals surface area contributed by atoms with Gasteiger partial charge in [-0.05, 0) is 24.5 Å². The van der Waals surface area contributed by atoms with Crippen LogP contribution >= 0.6 is 0 Å². The van der Waals surface area contributed by atoms with E-state index in [0.717, 1.165) is 12.1 Å². The number of hydrogen-bond acceptors (Lipinski definition) is 2. The molecule has 0 saturated heterocycles. The molecule has 0 saturated carbocycles. The summed E-state index contributed by atoms with van der Waals surface area (Å²) in [5.41, 5.74) is 2.03. The summed E-state index contributed by atoms with van der Waals surface area (Å²) in [7, 11) is 0. The molecule has 0 fully saturated rings. The van der Waals surface area contributed by atoms with E-state index in [1.165, 1.54) is 24.8 Å². The summed E-state index contributed by atoms with van der Waals surface area (Å²) >= 11 is 0. The topological polar surface area (TPSA) is 33.1 Å². The summed E-state index contributed by atoms with van der Waals surface area (Å²) < 4.78 is 0. The van der Waals surface area contributed by atoms with Gasteiger partial charge in [0.25, 0.3) is 0 Å². The number of rotatable bonds is 5. The van der Waals surface area contributed by atoms with Crippen molar-refractivity contribution in [2.75, 3.05) is 0 Å². The van der Waals surface area contributed by atoms with Crippen LogP contribution in [0, 0.1) is 0 Å². The molecule has 1 aromatic rings. The average molecular weight is 179 g/mol. The van der Waals surface area contributed by atoms with Crippen LogP contribution in [0.15, 0.2) is 18.3 Å². The first kappa shape index (κ1) is 10.2. The largest absolute Gasteiger partial charge is 0.390 e. The van der Waals surface area contributed by atoms with Gasteiger partial charge in [-0.15, -0.1) is 0 Å². The van der Waals surface area contributed by atoms with Gasteiger partial charge in [0, 0.05) is 6.20 Å². The predicted octanol–water partition coefficient (Wildman–Crippen LogP) is 2.31. The summed E-state index contributed by atoms with van der Waals surface area (Å²) in [6.07, 6.45) is 6.44. The maximum atomic E-state index is 9.01. The van der Waals surface area contributed by atoms with Crippen LogP contribution in [0.3, 0.4) is 0 Å². The molecule has 0 radical (unpaired) electrons. The summed E-state index contributed by atoms with van der Waals surface area (Å²) in [6.45, 7) is 2.25. The Kier molecular flexibility index (Phi) is 4.47. The molecule has 1 rings (SSSR count). The summed E-state index contributed by atoms with van der Waals surface area (Å²) in [4.78, 5) is 4.13. The van der Waals surface area contributed by atoms with Crippen molar-refractivity contribution in [3.63, 3.8) is 0 Å². The van der Waals surface area contributed by atoms with Gasteiger partial charge in [-0.25, -0.2) is 0 Å². The number of aliphatic hydroxyl groups is 1. The lowest BCUT2D eigenvalue weighted by Crippen LogP contribution is -1.97. The molecular formula is C11H17NO. The molecule has 72 valence electrons. The molecule has 0 bridgehead atoms. The molecule has 0 aliphatic carbocycles. The predicted molar refractivity (Wildman–Crippen MR) is 53.4 cm³/mol. The SMILES string of the molecule is CCCCCc1cccnc1CO. The molecule has 0 aromatic carbocycles. The van der Waals surface area contributed by atoms with Crippen molar-refractivity contribution in [1.29, 1.82) is 0 Å². The molecular weight excluding hydrogens is 162 g/mol. The second-order valence-corrected chi connectivity index (χ2v) is 3.22. The van der Waals surface area contributed by atoms with Gasteiger partial charge in [0.1, 0.15) is 0 Å². The number of aryl methyl sites for hydroxylation is 1. The molecule has 2 nitrogen and oxygen atoms in total. The van der Waals surface area contributed by atoms with Crippen molar-refractivity contribution in [2.45, 2.75) is 39.2 Å². The van der Waals surface area contributed by atoms with Gasteiger partial charge in [0.15, 0.2) is 0 Å². The lowest BCUT2D eigenvalue weighted by atomic mass is 10.1. The minimum atomic E-state index is 0.0578. The van der Waals surface area contributed by atoms with Gasteiger partial charge >= 0.3 is 0 Å². The molecule has 1 heterocycles. The van der Waals surface area contributed by atoms with Crippen LogP contribution in [0.25, 0.3) is 0 Å². The molecule has 0 aliphatic heterocycles. The lowest BCUT2D eigenvalue weighted by molar-refractivity contribution is 0.275. The van der Waals surface area contributed by atoms with Crippen LogP contribution in [-0.2, 0) is 13.0 Å². The number of aromatic nitrogens is 1. The molecule has 0 amide bonds. The highest BCUT2D eigenvalue weighted by Gasteiger charge is 2.00. The molecule has 1 N–H and O–H groups in total. The van der Waals surface area contributed by atoms with Crippen LogP contribution in [-0.4, -0.2) is 10.1 Å². The number of aliphatic hydroxyl groups excluding tert-OH is 1. The first-order valence-electron chi connectivity index (χ1n) is 4.92. The third-order valence-electron chi connectivity index (χ3n) is 2.18. The van der Waals surface area contributed by atoms with Crippen molar-refractivity contribution in [1.82, 2.24) is 4.98 Å². The maximum Gasteiger partial charge on any atom is 0.0855 e. The molecule has 1 aromatic heterocycles. The fourth-order valence-electron chi connectivity index (χ4n) is 1.41. The number of unbranched alkanes of at least 4 members (excludes halogenated alkanes) is 2. The fraction of sp³-hybridized carbons (Fsp3) is 0.545. The Morgan fingerprint density at radius 1 is 1.38 bits per heavy atom. The van der Waals surface area contributed by atoms with Gasteiger partial charge < -0.3 is 5.11 Å². The Morgan fingerprint density at radius 3 is 2.92 bits per heavy atom. The third-order valence-corrected chi connectivity index (χ3v) is 2.18. The maximum absolute atomic E-state index is 9.01. The zero-order chi connectivity index (χ0) is 9.52. The van der Waals surface area contributed by atoms with Crippen LogP contribution in [0.2, 0.25) is 0 Å². The van der Waals surface area contributed by atoms with E-state index in [4.69, 9.17) is 5.11 Å². The summed E-state index contributed by atoms with van der Waals surface area (Å²) in [6, 6.07) is 3.98. The Labute approximate surface area is 79.6 Å². The van der Waals surface area contributed by atoms with Gasteiger partial charge in [-0.1, -0.05) is 25.8 Å². The number of nitrogens with zero attached hydrogens (tertiary/aromatic N) is 1. The number of pyridine rings is 1. The van der Waals surface area contributed by atoms with E-state index in [1.807, 2.05) is 12.1 Å². The van der Waals surface area contributed by atoms with Crippen LogP contribution < -0.4 is 0 Å². The van der Waals surface area contributed by atoms with Crippen LogP contribution in [0.4, 0.5) is 0 Å². The van der Waals surface area contributed by atoms with E-state index in [9.17, 15) is 0 Å². The second kappa shape index (κ2) is 5.70. The van der Waals surface area contributed by atoms with Crippen LogP contribution in [0.5, 0.6) is 0 Å². The minimum Gasteiger partial charge on any atom is -0.390 e. The smallest absolute Gasteiger partial charge is 0.0855 e. The first-order chi connectivity index (χ1) is 6.38. The minimum absolute atomic E-state index is 0.0578. The highest BCUT2D eigenvalue weighted by molar-refractivity contribution is 5.18. The molecule has 0 unspecified atom stereocenters. The zero-order valence-corrected chi connectivity index (χ0v) is 8.16. The fourth-order valence-corrected chi connectivity index (χ4v) is 1.41. The van der Waals surface area contributed by atoms with E-state index >= 15 is 0 Å². The third kappa shape index (κ3) is 3.15. The van der Waals surface area contributed by atoms with Gasteiger partial charge in [-0.2, -0.15) is 0 Å². The van der Waals surface area contributed by atoms with E-state index in [2.05, 4.69) is 11.9 Å². The Bertz CT molecular complexity index is 248. The van der Waals surface area contributed by atoms with Crippen LogP contribution in [0.1, 0.15) is 37.4 Å². The molecule has 13 heavy (non-hydrogen) atoms. The first-order valence-corrected chi connectivity index (χ1v) is 4.92. The molecule has 0 spiro atoms. The molecule has 0 atom stereocenters. The highest BCUT2D eigenvalue weighted by atomic mass is 16.3. The van der Waals surface area contributed by atoms with Crippen molar-refractivity contribution >= 4 is 0 Å².